The van der Waals surface area contributed by atoms with Crippen LogP contribution in [0.2, 0.25) is 0 Å². The average molecular weight is 261 g/mol. The van der Waals surface area contributed by atoms with Gasteiger partial charge in [0, 0.05) is 30.2 Å². The molecular weight excluding hydrogens is 249 g/mol. The molecule has 0 aliphatic heterocycles. The fourth-order valence-electron chi connectivity index (χ4n) is 1.53. The first kappa shape index (κ1) is 12.4. The maximum absolute atomic E-state index is 13.6. The summed E-state index contributed by atoms with van der Waals surface area (Å²) in [6, 6.07) is 8.50. The van der Waals surface area contributed by atoms with Crippen LogP contribution in [-0.2, 0) is 6.54 Å². The molecule has 0 radical (unpaired) electrons. The second-order valence-corrected chi connectivity index (χ2v) is 4.21. The quantitative estimate of drug-likeness (QED) is 0.830. The van der Waals surface area contributed by atoms with Crippen molar-refractivity contribution in [3.63, 3.8) is 0 Å². The summed E-state index contributed by atoms with van der Waals surface area (Å²) in [6.07, 6.45) is 3.47. The van der Waals surface area contributed by atoms with E-state index >= 15 is 0 Å². The smallest absolute Gasteiger partial charge is 0.135 e. The van der Waals surface area contributed by atoms with Crippen LogP contribution in [0.1, 0.15) is 11.1 Å². The van der Waals surface area contributed by atoms with Crippen LogP contribution in [0.5, 0.6) is 0 Å². The monoisotopic (exact) mass is 261 g/mol. The van der Waals surface area contributed by atoms with Gasteiger partial charge in [0.05, 0.1) is 0 Å². The molecule has 1 heterocycles. The standard InChI is InChI=1S/C13H12FN3S/c14-12-6-10(3-4-11(12)13(15)18)17-8-9-2-1-5-16-7-9/h1-7,17H,8H2,(H2,15,18). The summed E-state index contributed by atoms with van der Waals surface area (Å²) < 4.78 is 13.6. The van der Waals surface area contributed by atoms with Crippen molar-refractivity contribution in [1.29, 1.82) is 0 Å². The highest BCUT2D eigenvalue weighted by molar-refractivity contribution is 7.80. The molecule has 1 aromatic carbocycles. The molecule has 1 aromatic heterocycles. The van der Waals surface area contributed by atoms with E-state index < -0.39 is 5.82 Å². The van der Waals surface area contributed by atoms with Gasteiger partial charge in [0.25, 0.3) is 0 Å². The normalized spacial score (nSPS) is 10.1. The van der Waals surface area contributed by atoms with Gasteiger partial charge >= 0.3 is 0 Å². The molecule has 5 heteroatoms. The zero-order valence-corrected chi connectivity index (χ0v) is 10.4. The van der Waals surface area contributed by atoms with E-state index in [2.05, 4.69) is 10.3 Å². The van der Waals surface area contributed by atoms with E-state index in [1.165, 1.54) is 6.07 Å². The predicted molar refractivity (Wildman–Crippen MR) is 73.9 cm³/mol. The van der Waals surface area contributed by atoms with E-state index in [1.807, 2.05) is 12.1 Å². The Morgan fingerprint density at radius 3 is 2.83 bits per heavy atom. The molecule has 0 saturated carbocycles. The molecule has 2 aromatic rings. The molecule has 0 aliphatic carbocycles. The van der Waals surface area contributed by atoms with Gasteiger partial charge in [0.1, 0.15) is 10.8 Å². The first-order chi connectivity index (χ1) is 8.66. The summed E-state index contributed by atoms with van der Waals surface area (Å²) in [5.41, 5.74) is 7.36. The van der Waals surface area contributed by atoms with E-state index in [0.29, 0.717) is 12.2 Å². The van der Waals surface area contributed by atoms with Gasteiger partial charge in [-0.25, -0.2) is 4.39 Å². The van der Waals surface area contributed by atoms with Gasteiger partial charge in [-0.15, -0.1) is 0 Å². The second kappa shape index (κ2) is 5.55. The lowest BCUT2D eigenvalue weighted by atomic mass is 10.2. The van der Waals surface area contributed by atoms with Crippen molar-refractivity contribution in [3.05, 3.63) is 59.7 Å². The van der Waals surface area contributed by atoms with Crippen LogP contribution in [0.25, 0.3) is 0 Å². The maximum Gasteiger partial charge on any atom is 0.135 e. The van der Waals surface area contributed by atoms with Crippen LogP contribution in [0.3, 0.4) is 0 Å². The molecule has 0 aliphatic rings. The van der Waals surface area contributed by atoms with E-state index in [9.17, 15) is 4.39 Å². The molecular formula is C13H12FN3S. The highest BCUT2D eigenvalue weighted by Gasteiger charge is 2.05. The highest BCUT2D eigenvalue weighted by atomic mass is 32.1. The molecule has 3 nitrogen and oxygen atoms in total. The van der Waals surface area contributed by atoms with Gasteiger partial charge in [-0.05, 0) is 29.8 Å². The Kier molecular flexibility index (Phi) is 3.84. The number of halogens is 1. The van der Waals surface area contributed by atoms with Gasteiger partial charge < -0.3 is 11.1 Å². The summed E-state index contributed by atoms with van der Waals surface area (Å²) >= 11 is 4.74. The number of rotatable bonds is 4. The third-order valence-electron chi connectivity index (χ3n) is 2.45. The minimum absolute atomic E-state index is 0.0614. The van der Waals surface area contributed by atoms with Gasteiger partial charge in [0.2, 0.25) is 0 Å². The molecule has 0 fully saturated rings. The zero-order valence-electron chi connectivity index (χ0n) is 9.56. The molecule has 92 valence electrons. The minimum Gasteiger partial charge on any atom is -0.389 e. The van der Waals surface area contributed by atoms with Crippen LogP contribution in [0, 0.1) is 5.82 Å². The summed E-state index contributed by atoms with van der Waals surface area (Å²) in [5.74, 6) is -0.418. The zero-order chi connectivity index (χ0) is 13.0. The number of thiocarbonyl (C=S) groups is 1. The molecule has 0 unspecified atom stereocenters. The Bertz CT molecular complexity index is 557. The van der Waals surface area contributed by atoms with Crippen molar-refractivity contribution in [2.24, 2.45) is 5.73 Å². The van der Waals surface area contributed by atoms with Crippen molar-refractivity contribution in [1.82, 2.24) is 4.98 Å². The molecule has 0 bridgehead atoms. The van der Waals surface area contributed by atoms with Crippen molar-refractivity contribution in [2.75, 3.05) is 5.32 Å². The maximum atomic E-state index is 13.6. The lowest BCUT2D eigenvalue weighted by Crippen LogP contribution is -2.12. The summed E-state index contributed by atoms with van der Waals surface area (Å²) in [6.45, 7) is 0.583. The summed E-state index contributed by atoms with van der Waals surface area (Å²) in [4.78, 5) is 4.07. The van der Waals surface area contributed by atoms with Crippen molar-refractivity contribution >= 4 is 22.9 Å². The largest absolute Gasteiger partial charge is 0.389 e. The fourth-order valence-corrected chi connectivity index (χ4v) is 1.70. The SMILES string of the molecule is NC(=S)c1ccc(NCc2cccnc2)cc1F. The van der Waals surface area contributed by atoms with Crippen LogP contribution in [-0.4, -0.2) is 9.97 Å². The van der Waals surface area contributed by atoms with Crippen LogP contribution in [0.4, 0.5) is 10.1 Å². The number of hydrogen-bond donors (Lipinski definition) is 2. The third kappa shape index (κ3) is 3.01. The van der Waals surface area contributed by atoms with Crippen molar-refractivity contribution < 1.29 is 4.39 Å². The summed E-state index contributed by atoms with van der Waals surface area (Å²) in [7, 11) is 0. The molecule has 3 N–H and O–H groups in total. The minimum atomic E-state index is -0.418. The van der Waals surface area contributed by atoms with Crippen molar-refractivity contribution in [3.8, 4) is 0 Å². The lowest BCUT2D eigenvalue weighted by molar-refractivity contribution is 0.626. The topological polar surface area (TPSA) is 50.9 Å². The first-order valence-corrected chi connectivity index (χ1v) is 5.80. The number of nitrogens with two attached hydrogens (primary N) is 1. The van der Waals surface area contributed by atoms with Crippen LogP contribution < -0.4 is 11.1 Å². The van der Waals surface area contributed by atoms with Crippen LogP contribution >= 0.6 is 12.2 Å². The molecule has 0 amide bonds. The Labute approximate surface area is 110 Å². The first-order valence-electron chi connectivity index (χ1n) is 5.39. The number of aromatic nitrogens is 1. The number of benzene rings is 1. The van der Waals surface area contributed by atoms with E-state index in [4.69, 9.17) is 18.0 Å². The second-order valence-electron chi connectivity index (χ2n) is 3.77. The molecule has 0 spiro atoms. The Morgan fingerprint density at radius 2 is 2.22 bits per heavy atom. The lowest BCUT2D eigenvalue weighted by Gasteiger charge is -2.08. The predicted octanol–water partition coefficient (Wildman–Crippen LogP) is 2.47. The molecule has 2 rings (SSSR count). The Hall–Kier alpha value is -2.01. The highest BCUT2D eigenvalue weighted by Crippen LogP contribution is 2.15. The molecule has 18 heavy (non-hydrogen) atoms. The number of nitrogens with one attached hydrogen (secondary N) is 1. The van der Waals surface area contributed by atoms with Gasteiger partial charge in [-0.1, -0.05) is 18.3 Å². The number of nitrogens with zero attached hydrogens (tertiary/aromatic N) is 1. The van der Waals surface area contributed by atoms with E-state index in [1.54, 1.807) is 24.5 Å². The number of anilines is 1. The Balaban J connectivity index is 2.07. The summed E-state index contributed by atoms with van der Waals surface area (Å²) in [5, 5.41) is 3.10. The van der Waals surface area contributed by atoms with Gasteiger partial charge in [-0.3, -0.25) is 4.98 Å². The van der Waals surface area contributed by atoms with E-state index in [-0.39, 0.29) is 10.6 Å². The fraction of sp³-hybridized carbons (Fsp3) is 0.0769. The average Bonchev–Trinajstić information content (AvgIpc) is 2.37. The van der Waals surface area contributed by atoms with E-state index in [0.717, 1.165) is 5.56 Å². The third-order valence-corrected chi connectivity index (χ3v) is 2.67. The number of hydrogen-bond acceptors (Lipinski definition) is 3. The number of pyridine rings is 1. The van der Waals surface area contributed by atoms with Gasteiger partial charge in [-0.2, -0.15) is 0 Å². The van der Waals surface area contributed by atoms with Gasteiger partial charge in [0.15, 0.2) is 0 Å². The molecule has 0 saturated heterocycles. The van der Waals surface area contributed by atoms with Crippen molar-refractivity contribution in [2.45, 2.75) is 6.54 Å². The molecule has 0 atom stereocenters. The Morgan fingerprint density at radius 1 is 1.39 bits per heavy atom. The van der Waals surface area contributed by atoms with Crippen LogP contribution in [0.15, 0.2) is 42.7 Å².